The number of rotatable bonds is 9. The molecule has 2 amide bonds. The number of nitrogens with one attached hydrogen (secondary N) is 1. The standard InChI is InChI=1S/C11H21N3O4/c1-2-3-7(12)6-10(16)14-8(11(17)18)4-5-9(13)15/h7-8H,2-6,12H2,1H3,(H2,13,15)(H,14,16)(H,17,18)/t7?,8-/m0/s1. The molecule has 6 N–H and O–H groups in total. The van der Waals surface area contributed by atoms with Gasteiger partial charge in [-0.3, -0.25) is 9.59 Å². The highest BCUT2D eigenvalue weighted by Gasteiger charge is 2.21. The average molecular weight is 259 g/mol. The molecule has 18 heavy (non-hydrogen) atoms. The predicted octanol–water partition coefficient (Wildman–Crippen LogP) is -0.661. The Morgan fingerprint density at radius 2 is 1.89 bits per heavy atom. The number of carboxylic acid groups (broad SMARTS) is 1. The van der Waals surface area contributed by atoms with Gasteiger partial charge in [-0.1, -0.05) is 13.3 Å². The van der Waals surface area contributed by atoms with Gasteiger partial charge in [-0.15, -0.1) is 0 Å². The van der Waals surface area contributed by atoms with Crippen molar-refractivity contribution >= 4 is 17.8 Å². The Hall–Kier alpha value is -1.63. The topological polar surface area (TPSA) is 136 Å². The predicted molar refractivity (Wildman–Crippen MR) is 65.5 cm³/mol. The molecule has 7 heteroatoms. The Kier molecular flexibility index (Phi) is 7.69. The maximum atomic E-state index is 11.5. The minimum atomic E-state index is -1.19. The number of primary amides is 1. The molecule has 0 saturated carbocycles. The van der Waals surface area contributed by atoms with Crippen molar-refractivity contribution in [3.05, 3.63) is 0 Å². The van der Waals surface area contributed by atoms with Crippen LogP contribution in [0.15, 0.2) is 0 Å². The maximum absolute atomic E-state index is 11.5. The van der Waals surface area contributed by atoms with E-state index < -0.39 is 23.8 Å². The third-order valence-corrected chi connectivity index (χ3v) is 2.42. The van der Waals surface area contributed by atoms with Gasteiger partial charge in [0.25, 0.3) is 0 Å². The van der Waals surface area contributed by atoms with Crippen molar-refractivity contribution in [3.8, 4) is 0 Å². The van der Waals surface area contributed by atoms with Crippen LogP contribution in [0.25, 0.3) is 0 Å². The second-order valence-electron chi connectivity index (χ2n) is 4.22. The Morgan fingerprint density at radius 1 is 1.28 bits per heavy atom. The van der Waals surface area contributed by atoms with Crippen molar-refractivity contribution in [2.24, 2.45) is 11.5 Å². The van der Waals surface area contributed by atoms with Gasteiger partial charge in [0.05, 0.1) is 0 Å². The molecule has 0 aromatic rings. The number of carboxylic acids is 1. The smallest absolute Gasteiger partial charge is 0.326 e. The number of aliphatic carboxylic acids is 1. The summed E-state index contributed by atoms with van der Waals surface area (Å²) in [5.41, 5.74) is 10.6. The van der Waals surface area contributed by atoms with Gasteiger partial charge in [-0.25, -0.2) is 4.79 Å². The first-order valence-electron chi connectivity index (χ1n) is 5.92. The molecule has 0 aliphatic rings. The summed E-state index contributed by atoms with van der Waals surface area (Å²) in [5.74, 6) is -2.21. The highest BCUT2D eigenvalue weighted by molar-refractivity contribution is 5.84. The lowest BCUT2D eigenvalue weighted by atomic mass is 10.1. The van der Waals surface area contributed by atoms with Crippen molar-refractivity contribution < 1.29 is 19.5 Å². The summed E-state index contributed by atoms with van der Waals surface area (Å²) in [7, 11) is 0. The number of nitrogens with two attached hydrogens (primary N) is 2. The van der Waals surface area contributed by atoms with Gasteiger partial charge in [0, 0.05) is 18.9 Å². The molecule has 104 valence electrons. The number of amides is 2. The molecular weight excluding hydrogens is 238 g/mol. The van der Waals surface area contributed by atoms with Crippen LogP contribution in [0.2, 0.25) is 0 Å². The van der Waals surface area contributed by atoms with Crippen LogP contribution >= 0.6 is 0 Å². The van der Waals surface area contributed by atoms with Crippen LogP contribution in [0.1, 0.15) is 39.0 Å². The van der Waals surface area contributed by atoms with E-state index in [1.165, 1.54) is 0 Å². The number of hydrogen-bond acceptors (Lipinski definition) is 4. The van der Waals surface area contributed by atoms with Crippen molar-refractivity contribution in [1.82, 2.24) is 5.32 Å². The van der Waals surface area contributed by atoms with E-state index in [4.69, 9.17) is 16.6 Å². The molecular formula is C11H21N3O4. The molecule has 1 unspecified atom stereocenters. The highest BCUT2D eigenvalue weighted by Crippen LogP contribution is 2.01. The third-order valence-electron chi connectivity index (χ3n) is 2.42. The molecule has 0 bridgehead atoms. The second-order valence-corrected chi connectivity index (χ2v) is 4.22. The average Bonchev–Trinajstić information content (AvgIpc) is 2.23. The van der Waals surface area contributed by atoms with E-state index in [1.807, 2.05) is 6.92 Å². The van der Waals surface area contributed by atoms with E-state index in [9.17, 15) is 14.4 Å². The fraction of sp³-hybridized carbons (Fsp3) is 0.727. The van der Waals surface area contributed by atoms with Crippen molar-refractivity contribution in [2.45, 2.75) is 51.1 Å². The minimum Gasteiger partial charge on any atom is -0.480 e. The van der Waals surface area contributed by atoms with E-state index in [1.54, 1.807) is 0 Å². The van der Waals surface area contributed by atoms with Crippen molar-refractivity contribution in [3.63, 3.8) is 0 Å². The lowest BCUT2D eigenvalue weighted by Gasteiger charge is -2.15. The van der Waals surface area contributed by atoms with Crippen LogP contribution in [0, 0.1) is 0 Å². The molecule has 0 rings (SSSR count). The zero-order valence-corrected chi connectivity index (χ0v) is 10.5. The highest BCUT2D eigenvalue weighted by atomic mass is 16.4. The van der Waals surface area contributed by atoms with E-state index in [0.29, 0.717) is 6.42 Å². The van der Waals surface area contributed by atoms with Gasteiger partial charge in [-0.05, 0) is 12.8 Å². The van der Waals surface area contributed by atoms with Gasteiger partial charge in [0.2, 0.25) is 11.8 Å². The summed E-state index contributed by atoms with van der Waals surface area (Å²) in [5, 5.41) is 11.2. The molecule has 0 aliphatic heterocycles. The van der Waals surface area contributed by atoms with Crippen LogP contribution in [0.3, 0.4) is 0 Å². The number of carbonyl (C=O) groups is 3. The van der Waals surface area contributed by atoms with Crippen LogP contribution in [-0.2, 0) is 14.4 Å². The second kappa shape index (κ2) is 8.46. The Labute approximate surface area is 106 Å². The molecule has 0 heterocycles. The zero-order chi connectivity index (χ0) is 14.1. The van der Waals surface area contributed by atoms with Gasteiger partial charge in [0.1, 0.15) is 6.04 Å². The summed E-state index contributed by atoms with van der Waals surface area (Å²) in [6.07, 6.45) is 1.54. The Bertz CT molecular complexity index is 307. The van der Waals surface area contributed by atoms with Crippen LogP contribution in [0.5, 0.6) is 0 Å². The molecule has 2 atom stereocenters. The molecule has 7 nitrogen and oxygen atoms in total. The third kappa shape index (κ3) is 7.61. The zero-order valence-electron chi connectivity index (χ0n) is 10.5. The Balaban J connectivity index is 4.19. The molecule has 0 aliphatic carbocycles. The van der Waals surface area contributed by atoms with Gasteiger partial charge >= 0.3 is 5.97 Å². The SMILES string of the molecule is CCCC(N)CC(=O)N[C@@H](CCC(N)=O)C(=O)O. The molecule has 0 radical (unpaired) electrons. The summed E-state index contributed by atoms with van der Waals surface area (Å²) in [4.78, 5) is 32.9. The van der Waals surface area contributed by atoms with Crippen LogP contribution in [-0.4, -0.2) is 35.0 Å². The van der Waals surface area contributed by atoms with E-state index in [0.717, 1.165) is 6.42 Å². The fourth-order valence-electron chi connectivity index (χ4n) is 1.51. The minimum absolute atomic E-state index is 0.0145. The first kappa shape index (κ1) is 16.4. The molecule has 0 aromatic carbocycles. The molecule has 0 spiro atoms. The van der Waals surface area contributed by atoms with Crippen molar-refractivity contribution in [2.75, 3.05) is 0 Å². The van der Waals surface area contributed by atoms with E-state index >= 15 is 0 Å². The van der Waals surface area contributed by atoms with Crippen LogP contribution < -0.4 is 16.8 Å². The summed E-state index contributed by atoms with van der Waals surface area (Å²) in [6, 6.07) is -1.38. The first-order chi connectivity index (χ1) is 8.36. The largest absolute Gasteiger partial charge is 0.480 e. The van der Waals surface area contributed by atoms with E-state index in [2.05, 4.69) is 5.32 Å². The summed E-state index contributed by atoms with van der Waals surface area (Å²) >= 11 is 0. The first-order valence-corrected chi connectivity index (χ1v) is 5.92. The quantitative estimate of drug-likeness (QED) is 0.436. The lowest BCUT2D eigenvalue weighted by molar-refractivity contribution is -0.142. The summed E-state index contributed by atoms with van der Waals surface area (Å²) in [6.45, 7) is 1.95. The van der Waals surface area contributed by atoms with Crippen LogP contribution in [0.4, 0.5) is 0 Å². The lowest BCUT2D eigenvalue weighted by Crippen LogP contribution is -2.43. The monoisotopic (exact) mass is 259 g/mol. The number of hydrogen-bond donors (Lipinski definition) is 4. The van der Waals surface area contributed by atoms with Gasteiger partial charge in [0.15, 0.2) is 0 Å². The van der Waals surface area contributed by atoms with Gasteiger partial charge in [-0.2, -0.15) is 0 Å². The molecule has 0 aromatic heterocycles. The van der Waals surface area contributed by atoms with Crippen molar-refractivity contribution in [1.29, 1.82) is 0 Å². The maximum Gasteiger partial charge on any atom is 0.326 e. The Morgan fingerprint density at radius 3 is 2.33 bits per heavy atom. The molecule has 0 saturated heterocycles. The fourth-order valence-corrected chi connectivity index (χ4v) is 1.51. The molecule has 0 fully saturated rings. The van der Waals surface area contributed by atoms with E-state index in [-0.39, 0.29) is 25.3 Å². The van der Waals surface area contributed by atoms with Gasteiger partial charge < -0.3 is 21.9 Å². The number of carbonyl (C=O) groups excluding carboxylic acids is 2. The normalized spacial score (nSPS) is 13.7. The summed E-state index contributed by atoms with van der Waals surface area (Å²) < 4.78 is 0.